The number of methoxy groups -OCH3 is 1. The van der Waals surface area contributed by atoms with E-state index in [1.807, 2.05) is 50.2 Å². The van der Waals surface area contributed by atoms with Crippen LogP contribution in [0.3, 0.4) is 0 Å². The van der Waals surface area contributed by atoms with E-state index in [2.05, 4.69) is 11.5 Å². The number of ketones is 1. The zero-order chi connectivity index (χ0) is 25.8. The summed E-state index contributed by atoms with van der Waals surface area (Å²) in [5.41, 5.74) is 4.14. The summed E-state index contributed by atoms with van der Waals surface area (Å²) in [6.07, 6.45) is 0. The van der Waals surface area contributed by atoms with Crippen LogP contribution in [0, 0.1) is 13.8 Å². The summed E-state index contributed by atoms with van der Waals surface area (Å²) in [7, 11) is 1.66. The number of carbonyl (C=O) groups is 2. The summed E-state index contributed by atoms with van der Waals surface area (Å²) in [4.78, 5) is 25.9. The zero-order valence-corrected chi connectivity index (χ0v) is 21.3. The number of carbonyl (C=O) groups excluding carboxylic acids is 2. The number of furan rings is 1. The summed E-state index contributed by atoms with van der Waals surface area (Å²) >= 11 is 0. The highest BCUT2D eigenvalue weighted by Crippen LogP contribution is 2.36. The number of ether oxygens (including phenoxy) is 3. The minimum absolute atomic E-state index is 0.112. The fourth-order valence-electron chi connectivity index (χ4n) is 4.65. The molecule has 0 N–H and O–H groups in total. The number of fused-ring (bicyclic) bond motifs is 1. The lowest BCUT2D eigenvalue weighted by atomic mass is 10.1. The summed E-state index contributed by atoms with van der Waals surface area (Å²) in [6.45, 7) is 8.39. The number of benzene rings is 2. The number of esters is 1. The lowest BCUT2D eigenvalue weighted by Crippen LogP contribution is -2.16. The molecular formula is C29H31NO6. The summed E-state index contributed by atoms with van der Waals surface area (Å²) in [5, 5.41) is 0.573. The quantitative estimate of drug-likeness (QED) is 0.196. The second-order valence-corrected chi connectivity index (χ2v) is 8.72. The molecule has 0 aliphatic rings. The topological polar surface area (TPSA) is 79.9 Å². The predicted molar refractivity (Wildman–Crippen MR) is 138 cm³/mol. The average Bonchev–Trinajstić information content (AvgIpc) is 3.40. The molecule has 188 valence electrons. The molecule has 4 rings (SSSR count). The van der Waals surface area contributed by atoms with Crippen LogP contribution in [0.1, 0.15) is 52.0 Å². The Morgan fingerprint density at radius 1 is 1.06 bits per heavy atom. The van der Waals surface area contributed by atoms with Crippen LogP contribution in [0.5, 0.6) is 5.75 Å². The van der Waals surface area contributed by atoms with E-state index < -0.39 is 5.97 Å². The molecule has 0 saturated heterocycles. The van der Waals surface area contributed by atoms with E-state index in [0.717, 1.165) is 17.0 Å². The Labute approximate surface area is 210 Å². The third kappa shape index (κ3) is 4.93. The summed E-state index contributed by atoms with van der Waals surface area (Å²) < 4.78 is 24.6. The van der Waals surface area contributed by atoms with Gasteiger partial charge in [0.25, 0.3) is 0 Å². The van der Waals surface area contributed by atoms with Crippen molar-refractivity contribution in [1.29, 1.82) is 0 Å². The van der Waals surface area contributed by atoms with E-state index in [9.17, 15) is 9.59 Å². The Bertz CT molecular complexity index is 1380. The highest BCUT2D eigenvalue weighted by molar-refractivity contribution is 6.09. The predicted octanol–water partition coefficient (Wildman–Crippen LogP) is 6.16. The molecule has 0 bridgehead atoms. The second-order valence-electron chi connectivity index (χ2n) is 8.72. The first kappa shape index (κ1) is 25.3. The van der Waals surface area contributed by atoms with Gasteiger partial charge in [0.05, 0.1) is 19.3 Å². The zero-order valence-electron chi connectivity index (χ0n) is 21.3. The van der Waals surface area contributed by atoms with Crippen LogP contribution >= 0.6 is 0 Å². The number of hydrogen-bond donors (Lipinski definition) is 0. The van der Waals surface area contributed by atoms with Gasteiger partial charge in [-0.2, -0.15) is 0 Å². The van der Waals surface area contributed by atoms with E-state index in [-0.39, 0.29) is 25.0 Å². The van der Waals surface area contributed by atoms with Crippen molar-refractivity contribution >= 4 is 22.7 Å². The molecule has 7 heteroatoms. The van der Waals surface area contributed by atoms with Crippen molar-refractivity contribution < 1.29 is 28.2 Å². The monoisotopic (exact) mass is 489 g/mol. The van der Waals surface area contributed by atoms with Gasteiger partial charge in [-0.25, -0.2) is 4.79 Å². The third-order valence-corrected chi connectivity index (χ3v) is 6.18. The van der Waals surface area contributed by atoms with Crippen molar-refractivity contribution in [2.45, 2.75) is 33.7 Å². The maximum Gasteiger partial charge on any atom is 0.342 e. The standard InChI is InChI=1S/C29H31NO6/c1-6-34-29(32)27-24-15-22(12-13-26(24)36-28(27)21-10-8-7-9-11-21)35-17-25(31)23-14-18(2)30(20(23)4)19(3)16-33-5/h7-15,19H,6,16-17H2,1-5H3/t19-/m1/s1. The Hall–Kier alpha value is -3.84. The molecular weight excluding hydrogens is 458 g/mol. The lowest BCUT2D eigenvalue weighted by molar-refractivity contribution is 0.0528. The minimum atomic E-state index is -0.471. The molecule has 7 nitrogen and oxygen atoms in total. The number of rotatable bonds is 10. The number of aryl methyl sites for hydroxylation is 1. The van der Waals surface area contributed by atoms with Crippen molar-refractivity contribution in [3.8, 4) is 17.1 Å². The Morgan fingerprint density at radius 3 is 2.50 bits per heavy atom. The van der Waals surface area contributed by atoms with E-state index in [1.165, 1.54) is 0 Å². The first-order chi connectivity index (χ1) is 17.3. The minimum Gasteiger partial charge on any atom is -0.485 e. The smallest absolute Gasteiger partial charge is 0.342 e. The number of nitrogens with zero attached hydrogens (tertiary/aromatic N) is 1. The van der Waals surface area contributed by atoms with E-state index in [4.69, 9.17) is 18.6 Å². The Balaban J connectivity index is 1.61. The number of hydrogen-bond acceptors (Lipinski definition) is 6. The summed E-state index contributed by atoms with van der Waals surface area (Å²) in [5.74, 6) is 0.307. The van der Waals surface area contributed by atoms with Gasteiger partial charge < -0.3 is 23.2 Å². The molecule has 0 radical (unpaired) electrons. The van der Waals surface area contributed by atoms with E-state index in [0.29, 0.717) is 40.2 Å². The highest BCUT2D eigenvalue weighted by atomic mass is 16.5. The molecule has 0 amide bonds. The molecule has 1 atom stereocenters. The highest BCUT2D eigenvalue weighted by Gasteiger charge is 2.24. The fraction of sp³-hybridized carbons (Fsp3) is 0.310. The van der Waals surface area contributed by atoms with Crippen molar-refractivity contribution in [3.63, 3.8) is 0 Å². The number of aromatic nitrogens is 1. The van der Waals surface area contributed by atoms with Crippen molar-refractivity contribution in [2.75, 3.05) is 26.9 Å². The largest absolute Gasteiger partial charge is 0.485 e. The van der Waals surface area contributed by atoms with Gasteiger partial charge in [-0.15, -0.1) is 0 Å². The van der Waals surface area contributed by atoms with Crippen molar-refractivity contribution in [2.24, 2.45) is 0 Å². The van der Waals surface area contributed by atoms with Gasteiger partial charge >= 0.3 is 5.97 Å². The first-order valence-electron chi connectivity index (χ1n) is 12.0. The van der Waals surface area contributed by atoms with Gasteiger partial charge in [0.1, 0.15) is 22.7 Å². The van der Waals surface area contributed by atoms with Gasteiger partial charge in [-0.1, -0.05) is 30.3 Å². The molecule has 2 aromatic heterocycles. The molecule has 0 aliphatic heterocycles. The van der Waals surface area contributed by atoms with Gasteiger partial charge in [-0.05, 0) is 52.0 Å². The van der Waals surface area contributed by atoms with Gasteiger partial charge in [-0.3, -0.25) is 4.79 Å². The van der Waals surface area contributed by atoms with Crippen LogP contribution in [-0.4, -0.2) is 43.3 Å². The first-order valence-corrected chi connectivity index (χ1v) is 12.0. The van der Waals surface area contributed by atoms with E-state index in [1.54, 1.807) is 32.2 Å². The average molecular weight is 490 g/mol. The van der Waals surface area contributed by atoms with Gasteiger partial charge in [0.15, 0.2) is 6.61 Å². The van der Waals surface area contributed by atoms with Crippen molar-refractivity contribution in [3.05, 3.63) is 77.1 Å². The Kier molecular flexibility index (Phi) is 7.60. The number of Topliss-reactive ketones (excluding diaryl/α,β-unsaturated/α-hetero) is 1. The van der Waals surface area contributed by atoms with Crippen LogP contribution in [0.4, 0.5) is 0 Å². The van der Waals surface area contributed by atoms with Gasteiger partial charge in [0.2, 0.25) is 5.78 Å². The Morgan fingerprint density at radius 2 is 1.81 bits per heavy atom. The van der Waals surface area contributed by atoms with Crippen LogP contribution in [0.15, 0.2) is 59.0 Å². The molecule has 0 fully saturated rings. The molecule has 0 saturated carbocycles. The molecule has 0 spiro atoms. The van der Waals surface area contributed by atoms with Crippen LogP contribution in [0.2, 0.25) is 0 Å². The molecule has 2 heterocycles. The molecule has 36 heavy (non-hydrogen) atoms. The van der Waals surface area contributed by atoms with Crippen LogP contribution in [0.25, 0.3) is 22.3 Å². The molecule has 0 aliphatic carbocycles. The fourth-order valence-corrected chi connectivity index (χ4v) is 4.65. The molecule has 0 unspecified atom stereocenters. The van der Waals surface area contributed by atoms with Crippen LogP contribution < -0.4 is 4.74 Å². The van der Waals surface area contributed by atoms with E-state index >= 15 is 0 Å². The molecule has 2 aromatic carbocycles. The van der Waals surface area contributed by atoms with Crippen molar-refractivity contribution in [1.82, 2.24) is 4.57 Å². The lowest BCUT2D eigenvalue weighted by Gasteiger charge is -2.17. The second kappa shape index (κ2) is 10.8. The molecule has 4 aromatic rings. The normalized spacial score (nSPS) is 12.0. The van der Waals surface area contributed by atoms with Crippen LogP contribution in [-0.2, 0) is 9.47 Å². The third-order valence-electron chi connectivity index (χ3n) is 6.18. The summed E-state index contributed by atoms with van der Waals surface area (Å²) in [6, 6.07) is 16.6. The van der Waals surface area contributed by atoms with Gasteiger partial charge in [0, 0.05) is 35.0 Å². The maximum absolute atomic E-state index is 13.0. The maximum atomic E-state index is 13.0. The SMILES string of the molecule is CCOC(=O)c1c(-c2ccccc2)oc2ccc(OCC(=O)c3cc(C)n([C@H](C)COC)c3C)cc12.